The monoisotopic (exact) mass is 168 g/mol. The Bertz CT molecular complexity index is 193. The van der Waals surface area contributed by atoms with Gasteiger partial charge in [0, 0.05) is 19.0 Å². The van der Waals surface area contributed by atoms with Gasteiger partial charge in [0.2, 0.25) is 5.91 Å². The van der Waals surface area contributed by atoms with E-state index >= 15 is 0 Å². The number of nitrogens with one attached hydrogen (secondary N) is 2. The molecule has 2 N–H and O–H groups in total. The molecule has 2 fully saturated rings. The largest absolute Gasteiger partial charge is 0.356 e. The number of amides is 1. The predicted octanol–water partition coefficient (Wildman–Crippen LogP) is 0.120. The van der Waals surface area contributed by atoms with Crippen molar-refractivity contribution in [3.05, 3.63) is 0 Å². The summed E-state index contributed by atoms with van der Waals surface area (Å²) in [5, 5.41) is 6.23. The lowest BCUT2D eigenvalue weighted by Gasteiger charge is -2.24. The summed E-state index contributed by atoms with van der Waals surface area (Å²) in [6, 6.07) is 0.646. The standard InChI is InChI=1S/C9H16N2O/c1-10-8-2-6-4-9(12)11-5-7(6)3-8/h6-8,10H,2-5H2,1H3,(H,11,12)/t6-,7+,8-/m1/s1. The summed E-state index contributed by atoms with van der Waals surface area (Å²) in [5.74, 6) is 1.63. The summed E-state index contributed by atoms with van der Waals surface area (Å²) in [5.41, 5.74) is 0. The van der Waals surface area contributed by atoms with E-state index in [1.54, 1.807) is 0 Å². The molecule has 0 unspecified atom stereocenters. The van der Waals surface area contributed by atoms with Crippen LogP contribution >= 0.6 is 0 Å². The van der Waals surface area contributed by atoms with Crippen LogP contribution in [0, 0.1) is 11.8 Å². The smallest absolute Gasteiger partial charge is 0.220 e. The highest BCUT2D eigenvalue weighted by Crippen LogP contribution is 2.35. The number of piperidine rings is 1. The molecule has 0 aromatic carbocycles. The van der Waals surface area contributed by atoms with Gasteiger partial charge in [-0.2, -0.15) is 0 Å². The molecule has 12 heavy (non-hydrogen) atoms. The lowest BCUT2D eigenvalue weighted by Crippen LogP contribution is -2.38. The zero-order chi connectivity index (χ0) is 8.55. The second-order valence-corrected chi connectivity index (χ2v) is 3.99. The van der Waals surface area contributed by atoms with Crippen molar-refractivity contribution >= 4 is 5.91 Å². The Kier molecular flexibility index (Phi) is 2.05. The molecule has 2 aliphatic rings. The van der Waals surface area contributed by atoms with E-state index in [4.69, 9.17) is 0 Å². The number of carbonyl (C=O) groups is 1. The van der Waals surface area contributed by atoms with Crippen molar-refractivity contribution < 1.29 is 4.79 Å². The molecule has 1 aliphatic carbocycles. The average Bonchev–Trinajstić information content (AvgIpc) is 2.46. The molecule has 0 aromatic rings. The van der Waals surface area contributed by atoms with Crippen molar-refractivity contribution in [2.24, 2.45) is 11.8 Å². The highest BCUT2D eigenvalue weighted by atomic mass is 16.1. The first kappa shape index (κ1) is 8.05. The van der Waals surface area contributed by atoms with Crippen LogP contribution in [-0.2, 0) is 4.79 Å². The molecule has 0 aromatic heterocycles. The zero-order valence-corrected chi connectivity index (χ0v) is 7.47. The van der Waals surface area contributed by atoms with E-state index in [-0.39, 0.29) is 5.91 Å². The molecule has 2 rings (SSSR count). The second kappa shape index (κ2) is 3.05. The maximum atomic E-state index is 11.1. The predicted molar refractivity (Wildman–Crippen MR) is 46.7 cm³/mol. The quantitative estimate of drug-likeness (QED) is 0.584. The Morgan fingerprint density at radius 2 is 2.17 bits per heavy atom. The minimum Gasteiger partial charge on any atom is -0.356 e. The third-order valence-corrected chi connectivity index (χ3v) is 3.26. The van der Waals surface area contributed by atoms with Crippen LogP contribution < -0.4 is 10.6 Å². The molecule has 1 saturated carbocycles. The van der Waals surface area contributed by atoms with Gasteiger partial charge >= 0.3 is 0 Å². The summed E-state index contributed by atoms with van der Waals surface area (Å²) >= 11 is 0. The van der Waals surface area contributed by atoms with E-state index in [0.29, 0.717) is 12.0 Å². The van der Waals surface area contributed by atoms with Crippen molar-refractivity contribution in [3.63, 3.8) is 0 Å². The van der Waals surface area contributed by atoms with Crippen LogP contribution in [0.3, 0.4) is 0 Å². The fourth-order valence-corrected chi connectivity index (χ4v) is 2.50. The first-order chi connectivity index (χ1) is 5.79. The van der Waals surface area contributed by atoms with E-state index in [1.807, 2.05) is 7.05 Å². The van der Waals surface area contributed by atoms with E-state index in [9.17, 15) is 4.79 Å². The molecule has 3 heteroatoms. The molecule has 1 amide bonds. The molecule has 1 aliphatic heterocycles. The van der Waals surface area contributed by atoms with E-state index in [1.165, 1.54) is 12.8 Å². The average molecular weight is 168 g/mol. The molecule has 68 valence electrons. The van der Waals surface area contributed by atoms with Crippen LogP contribution in [0.15, 0.2) is 0 Å². The molecule has 3 nitrogen and oxygen atoms in total. The Labute approximate surface area is 72.9 Å². The Balaban J connectivity index is 1.97. The number of hydrogen-bond donors (Lipinski definition) is 2. The van der Waals surface area contributed by atoms with Gasteiger partial charge in [0.05, 0.1) is 0 Å². The van der Waals surface area contributed by atoms with Crippen molar-refractivity contribution in [3.8, 4) is 0 Å². The lowest BCUT2D eigenvalue weighted by atomic mass is 9.89. The van der Waals surface area contributed by atoms with Crippen molar-refractivity contribution in [1.82, 2.24) is 10.6 Å². The summed E-state index contributed by atoms with van der Waals surface area (Å²) in [7, 11) is 2.01. The Morgan fingerprint density at radius 3 is 2.92 bits per heavy atom. The summed E-state index contributed by atoms with van der Waals surface area (Å²) in [6.45, 7) is 0.904. The highest BCUT2D eigenvalue weighted by Gasteiger charge is 2.37. The highest BCUT2D eigenvalue weighted by molar-refractivity contribution is 5.77. The summed E-state index contributed by atoms with van der Waals surface area (Å²) < 4.78 is 0. The summed E-state index contributed by atoms with van der Waals surface area (Å²) in [4.78, 5) is 11.1. The van der Waals surface area contributed by atoms with Gasteiger partial charge in [-0.1, -0.05) is 0 Å². The lowest BCUT2D eigenvalue weighted by molar-refractivity contribution is -0.124. The van der Waals surface area contributed by atoms with Crippen LogP contribution in [0.25, 0.3) is 0 Å². The number of hydrogen-bond acceptors (Lipinski definition) is 2. The third-order valence-electron chi connectivity index (χ3n) is 3.26. The zero-order valence-electron chi connectivity index (χ0n) is 7.47. The Morgan fingerprint density at radius 1 is 1.42 bits per heavy atom. The van der Waals surface area contributed by atoms with Crippen molar-refractivity contribution in [2.45, 2.75) is 25.3 Å². The van der Waals surface area contributed by atoms with E-state index in [2.05, 4.69) is 10.6 Å². The van der Waals surface area contributed by atoms with E-state index in [0.717, 1.165) is 18.9 Å². The maximum Gasteiger partial charge on any atom is 0.220 e. The van der Waals surface area contributed by atoms with Crippen LogP contribution in [0.1, 0.15) is 19.3 Å². The fourth-order valence-electron chi connectivity index (χ4n) is 2.50. The van der Waals surface area contributed by atoms with Gasteiger partial charge in [-0.05, 0) is 31.7 Å². The number of fused-ring (bicyclic) bond motifs is 1. The first-order valence-electron chi connectivity index (χ1n) is 4.73. The fraction of sp³-hybridized carbons (Fsp3) is 0.889. The number of carbonyl (C=O) groups excluding carboxylic acids is 1. The first-order valence-corrected chi connectivity index (χ1v) is 4.73. The molecule has 0 bridgehead atoms. The normalized spacial score (nSPS) is 40.8. The van der Waals surface area contributed by atoms with Gasteiger partial charge in [-0.3, -0.25) is 4.79 Å². The topological polar surface area (TPSA) is 41.1 Å². The molecular weight excluding hydrogens is 152 g/mol. The minimum atomic E-state index is 0.244. The molecule has 1 saturated heterocycles. The third kappa shape index (κ3) is 1.33. The van der Waals surface area contributed by atoms with Crippen LogP contribution in [0.2, 0.25) is 0 Å². The minimum absolute atomic E-state index is 0.244. The molecule has 0 radical (unpaired) electrons. The number of rotatable bonds is 1. The van der Waals surface area contributed by atoms with Crippen LogP contribution in [0.4, 0.5) is 0 Å². The van der Waals surface area contributed by atoms with Crippen LogP contribution in [0.5, 0.6) is 0 Å². The van der Waals surface area contributed by atoms with Gasteiger partial charge in [-0.15, -0.1) is 0 Å². The van der Waals surface area contributed by atoms with Gasteiger partial charge in [-0.25, -0.2) is 0 Å². The maximum absolute atomic E-state index is 11.1. The Hall–Kier alpha value is -0.570. The van der Waals surface area contributed by atoms with Crippen molar-refractivity contribution in [1.29, 1.82) is 0 Å². The van der Waals surface area contributed by atoms with Gasteiger partial charge in [0.25, 0.3) is 0 Å². The van der Waals surface area contributed by atoms with Gasteiger partial charge in [0.15, 0.2) is 0 Å². The molecule has 1 heterocycles. The molecular formula is C9H16N2O. The van der Waals surface area contributed by atoms with Crippen LogP contribution in [-0.4, -0.2) is 25.5 Å². The second-order valence-electron chi connectivity index (χ2n) is 3.99. The van der Waals surface area contributed by atoms with Gasteiger partial charge < -0.3 is 10.6 Å². The van der Waals surface area contributed by atoms with Crippen molar-refractivity contribution in [2.75, 3.05) is 13.6 Å². The molecule has 3 atom stereocenters. The van der Waals surface area contributed by atoms with Gasteiger partial charge in [0.1, 0.15) is 0 Å². The SMILES string of the molecule is CN[C@H]1C[C@H]2CNC(=O)C[C@H]2C1. The summed E-state index contributed by atoms with van der Waals surface area (Å²) in [6.07, 6.45) is 3.18. The van der Waals surface area contributed by atoms with E-state index < -0.39 is 0 Å². The molecule has 0 spiro atoms.